The molecule has 1 saturated heterocycles. The second-order valence-electron chi connectivity index (χ2n) is 6.15. The second kappa shape index (κ2) is 7.14. The van der Waals surface area contributed by atoms with E-state index in [0.717, 1.165) is 40.6 Å². The molecule has 3 rings (SSSR count). The fourth-order valence-electron chi connectivity index (χ4n) is 2.85. The SMILES string of the molecule is Cc1ccc(N2CCN(C(=O)Nc3ccccc3C)CC2)cc1Cl. The molecule has 0 atom stereocenters. The Morgan fingerprint density at radius 3 is 2.38 bits per heavy atom. The van der Waals surface area contributed by atoms with Crippen LogP contribution < -0.4 is 10.2 Å². The van der Waals surface area contributed by atoms with Gasteiger partial charge in [-0.2, -0.15) is 0 Å². The van der Waals surface area contributed by atoms with E-state index in [9.17, 15) is 4.79 Å². The first-order valence-corrected chi connectivity index (χ1v) is 8.55. The molecule has 0 spiro atoms. The molecule has 126 valence electrons. The third-order valence-corrected chi connectivity index (χ3v) is 4.88. The van der Waals surface area contributed by atoms with Crippen molar-refractivity contribution in [2.75, 3.05) is 36.4 Å². The maximum absolute atomic E-state index is 12.4. The Labute approximate surface area is 148 Å². The molecule has 1 fully saturated rings. The zero-order valence-corrected chi connectivity index (χ0v) is 14.8. The van der Waals surface area contributed by atoms with Crippen LogP contribution in [-0.4, -0.2) is 37.1 Å². The molecule has 2 aromatic rings. The van der Waals surface area contributed by atoms with Gasteiger partial charge in [-0.25, -0.2) is 4.79 Å². The highest BCUT2D eigenvalue weighted by atomic mass is 35.5. The highest BCUT2D eigenvalue weighted by Crippen LogP contribution is 2.24. The smallest absolute Gasteiger partial charge is 0.321 e. The number of hydrogen-bond donors (Lipinski definition) is 1. The lowest BCUT2D eigenvalue weighted by Crippen LogP contribution is -2.50. The van der Waals surface area contributed by atoms with Crippen molar-refractivity contribution in [2.24, 2.45) is 0 Å². The summed E-state index contributed by atoms with van der Waals surface area (Å²) < 4.78 is 0. The van der Waals surface area contributed by atoms with E-state index in [1.165, 1.54) is 0 Å². The number of anilines is 2. The number of piperazine rings is 1. The van der Waals surface area contributed by atoms with E-state index in [4.69, 9.17) is 11.6 Å². The Morgan fingerprint density at radius 2 is 1.71 bits per heavy atom. The Bertz CT molecular complexity index is 739. The monoisotopic (exact) mass is 343 g/mol. The number of aryl methyl sites for hydroxylation is 2. The number of nitrogens with one attached hydrogen (secondary N) is 1. The van der Waals surface area contributed by atoms with Crippen LogP contribution in [0, 0.1) is 13.8 Å². The molecule has 1 heterocycles. The number of nitrogens with zero attached hydrogens (tertiary/aromatic N) is 2. The van der Waals surface area contributed by atoms with Gasteiger partial charge in [0.25, 0.3) is 0 Å². The van der Waals surface area contributed by atoms with Crippen LogP contribution in [0.1, 0.15) is 11.1 Å². The summed E-state index contributed by atoms with van der Waals surface area (Å²) >= 11 is 6.22. The molecule has 1 aliphatic heterocycles. The molecule has 0 unspecified atom stereocenters. The Morgan fingerprint density at radius 1 is 1.00 bits per heavy atom. The molecule has 0 aliphatic carbocycles. The minimum atomic E-state index is -0.0362. The molecule has 5 heteroatoms. The maximum atomic E-state index is 12.4. The average Bonchev–Trinajstić information content (AvgIpc) is 2.59. The summed E-state index contributed by atoms with van der Waals surface area (Å²) in [5.74, 6) is 0. The number of urea groups is 1. The molecule has 0 saturated carbocycles. The molecule has 2 aromatic carbocycles. The summed E-state index contributed by atoms with van der Waals surface area (Å²) in [6.07, 6.45) is 0. The van der Waals surface area contributed by atoms with Gasteiger partial charge in [-0.1, -0.05) is 35.9 Å². The lowest BCUT2D eigenvalue weighted by Gasteiger charge is -2.36. The molecule has 24 heavy (non-hydrogen) atoms. The van der Waals surface area contributed by atoms with Gasteiger partial charge in [-0.3, -0.25) is 0 Å². The number of hydrogen-bond acceptors (Lipinski definition) is 2. The normalized spacial score (nSPS) is 14.6. The summed E-state index contributed by atoms with van der Waals surface area (Å²) in [7, 11) is 0. The van der Waals surface area contributed by atoms with Gasteiger partial charge in [0, 0.05) is 42.6 Å². The fourth-order valence-corrected chi connectivity index (χ4v) is 3.03. The zero-order valence-electron chi connectivity index (χ0n) is 14.1. The number of carbonyl (C=O) groups is 1. The second-order valence-corrected chi connectivity index (χ2v) is 6.56. The van der Waals surface area contributed by atoms with E-state index < -0.39 is 0 Å². The van der Waals surface area contributed by atoms with Crippen molar-refractivity contribution in [1.29, 1.82) is 0 Å². The van der Waals surface area contributed by atoms with Crippen molar-refractivity contribution in [3.8, 4) is 0 Å². The molecule has 1 N–H and O–H groups in total. The highest BCUT2D eigenvalue weighted by molar-refractivity contribution is 6.31. The first-order chi connectivity index (χ1) is 11.5. The van der Waals surface area contributed by atoms with Gasteiger partial charge in [0.2, 0.25) is 0 Å². The summed E-state index contributed by atoms with van der Waals surface area (Å²) in [5.41, 5.74) is 4.13. The lowest BCUT2D eigenvalue weighted by molar-refractivity contribution is 0.208. The predicted octanol–water partition coefficient (Wildman–Crippen LogP) is 4.31. The van der Waals surface area contributed by atoms with E-state index in [1.54, 1.807) is 0 Å². The van der Waals surface area contributed by atoms with Gasteiger partial charge >= 0.3 is 6.03 Å². The average molecular weight is 344 g/mol. The lowest BCUT2D eigenvalue weighted by atomic mass is 10.2. The minimum Gasteiger partial charge on any atom is -0.368 e. The molecular formula is C19H22ClN3O. The Kier molecular flexibility index (Phi) is 4.95. The molecule has 4 nitrogen and oxygen atoms in total. The summed E-state index contributed by atoms with van der Waals surface area (Å²) in [6, 6.07) is 13.9. The van der Waals surface area contributed by atoms with Gasteiger partial charge in [0.15, 0.2) is 0 Å². The van der Waals surface area contributed by atoms with Crippen molar-refractivity contribution < 1.29 is 4.79 Å². The standard InChI is InChI=1S/C19H22ClN3O/c1-14-7-8-16(13-17(14)20)22-9-11-23(12-10-22)19(24)21-18-6-4-3-5-15(18)2/h3-8,13H,9-12H2,1-2H3,(H,21,24). The number of para-hydroxylation sites is 1. The molecule has 0 radical (unpaired) electrons. The van der Waals surface area contributed by atoms with E-state index in [0.29, 0.717) is 13.1 Å². The van der Waals surface area contributed by atoms with Crippen LogP contribution in [0.15, 0.2) is 42.5 Å². The van der Waals surface area contributed by atoms with Crippen LogP contribution in [-0.2, 0) is 0 Å². The van der Waals surface area contributed by atoms with Crippen LogP contribution in [0.5, 0.6) is 0 Å². The van der Waals surface area contributed by atoms with Gasteiger partial charge in [0.1, 0.15) is 0 Å². The topological polar surface area (TPSA) is 35.6 Å². The van der Waals surface area contributed by atoms with E-state index in [1.807, 2.05) is 55.1 Å². The molecular weight excluding hydrogens is 322 g/mol. The number of rotatable bonds is 2. The first-order valence-electron chi connectivity index (χ1n) is 8.17. The van der Waals surface area contributed by atoms with Crippen molar-refractivity contribution in [3.05, 3.63) is 58.6 Å². The molecule has 0 bridgehead atoms. The van der Waals surface area contributed by atoms with Gasteiger partial charge < -0.3 is 15.1 Å². The summed E-state index contributed by atoms with van der Waals surface area (Å²) in [5, 5.41) is 3.78. The van der Waals surface area contributed by atoms with Crippen LogP contribution in [0.4, 0.5) is 16.2 Å². The fraction of sp³-hybridized carbons (Fsp3) is 0.316. The third kappa shape index (κ3) is 3.65. The largest absolute Gasteiger partial charge is 0.368 e. The van der Waals surface area contributed by atoms with E-state index >= 15 is 0 Å². The van der Waals surface area contributed by atoms with Gasteiger partial charge in [-0.15, -0.1) is 0 Å². The van der Waals surface area contributed by atoms with Crippen LogP contribution in [0.2, 0.25) is 5.02 Å². The first kappa shape index (κ1) is 16.7. The Hall–Kier alpha value is -2.20. The van der Waals surface area contributed by atoms with Crippen molar-refractivity contribution in [2.45, 2.75) is 13.8 Å². The van der Waals surface area contributed by atoms with Crippen LogP contribution in [0.3, 0.4) is 0 Å². The summed E-state index contributed by atoms with van der Waals surface area (Å²) in [6.45, 7) is 7.00. The van der Waals surface area contributed by atoms with Crippen LogP contribution in [0.25, 0.3) is 0 Å². The van der Waals surface area contributed by atoms with E-state index in [-0.39, 0.29) is 6.03 Å². The number of carbonyl (C=O) groups excluding carboxylic acids is 1. The predicted molar refractivity (Wildman–Crippen MR) is 100 cm³/mol. The van der Waals surface area contributed by atoms with Gasteiger partial charge in [0.05, 0.1) is 0 Å². The van der Waals surface area contributed by atoms with Crippen LogP contribution >= 0.6 is 11.6 Å². The molecule has 0 aromatic heterocycles. The third-order valence-electron chi connectivity index (χ3n) is 4.47. The van der Waals surface area contributed by atoms with E-state index in [2.05, 4.69) is 16.3 Å². The van der Waals surface area contributed by atoms with Crippen molar-refractivity contribution in [1.82, 2.24) is 4.90 Å². The molecule has 1 aliphatic rings. The number of benzene rings is 2. The minimum absolute atomic E-state index is 0.0362. The number of amides is 2. The van der Waals surface area contributed by atoms with Crippen molar-refractivity contribution in [3.63, 3.8) is 0 Å². The van der Waals surface area contributed by atoms with Gasteiger partial charge in [-0.05, 0) is 43.2 Å². The number of halogens is 1. The van der Waals surface area contributed by atoms with Crippen molar-refractivity contribution >= 4 is 29.0 Å². The quantitative estimate of drug-likeness (QED) is 0.881. The molecule has 2 amide bonds. The zero-order chi connectivity index (χ0) is 17.1. The highest BCUT2D eigenvalue weighted by Gasteiger charge is 2.21. The summed E-state index contributed by atoms with van der Waals surface area (Å²) in [4.78, 5) is 16.6. The Balaban J connectivity index is 1.59. The maximum Gasteiger partial charge on any atom is 0.321 e.